The van der Waals surface area contributed by atoms with Gasteiger partial charge in [-0.1, -0.05) is 68.1 Å². The summed E-state index contributed by atoms with van der Waals surface area (Å²) in [5, 5.41) is 31.5. The van der Waals surface area contributed by atoms with Crippen LogP contribution in [0, 0.1) is 0 Å². The predicted molar refractivity (Wildman–Crippen MR) is 280 cm³/mol. The molecule has 3 N–H and O–H groups in total. The first-order chi connectivity index (χ1) is 36.9. The number of hydrogen-bond donors (Lipinski definition) is 3. The second-order valence-corrected chi connectivity index (χ2v) is 18.5. The Kier molecular flexibility index (Phi) is 20.1. The van der Waals surface area contributed by atoms with Crippen molar-refractivity contribution >= 4 is 68.9 Å². The molecule has 6 aromatic heterocycles. The average molecular weight is 1190 g/mol. The van der Waals surface area contributed by atoms with Crippen molar-refractivity contribution < 1.29 is 55.7 Å². The van der Waals surface area contributed by atoms with Crippen LogP contribution in [0.1, 0.15) is 74.3 Å². The zero-order valence-electron chi connectivity index (χ0n) is 41.4. The maximum atomic E-state index is 13.6. The zero-order chi connectivity index (χ0) is 57.2. The molecule has 0 saturated heterocycles. The van der Waals surface area contributed by atoms with Crippen molar-refractivity contribution in [2.24, 2.45) is 14.1 Å². The Hall–Kier alpha value is -7.10. The standard InChI is InChI=1S/C25H22ClF3N4O4.C18H18BrClN4O3.C7H5BF3O3/c1-3-4-10-33-23(35)20-19(21(34)18-9-8-15(26)12-30-18)17(13-31-22(20)32(2)24(33)36)14-6-5-7-16(11-14)37-25(27,28)29;1-3-4-7-24-17(26)14-13(15(25)12-6-5-10(20)8-21-12)11(19)9-22-16(14)23(2)18(24)27;9-7(10,11)13-5-2-1-3-6(4-5)14-8-12/h5-9,11-13,21,34H,3-4,10H2,1-2H3;5-6,8-9,15,25H,3-4,7H2,1-2H3;1-4,12H. The summed E-state index contributed by atoms with van der Waals surface area (Å²) in [6.45, 7) is 4.34. The highest BCUT2D eigenvalue weighted by atomic mass is 79.9. The molecular formula is C50H45BBrCl2F6N8O10. The Morgan fingerprint density at radius 2 is 1.08 bits per heavy atom. The summed E-state index contributed by atoms with van der Waals surface area (Å²) < 4.78 is 91.1. The van der Waals surface area contributed by atoms with Crippen molar-refractivity contribution in [3.05, 3.63) is 176 Å². The van der Waals surface area contributed by atoms with E-state index in [1.807, 2.05) is 13.8 Å². The van der Waals surface area contributed by atoms with E-state index < -0.39 is 58.9 Å². The number of hydrogen-bond acceptors (Lipinski definition) is 14. The Bertz CT molecular complexity index is 3660. The fourth-order valence-corrected chi connectivity index (χ4v) is 8.53. The van der Waals surface area contributed by atoms with E-state index in [1.54, 1.807) is 19.2 Å². The number of aromatic nitrogens is 8. The molecule has 0 amide bonds. The number of aryl methyl sites for hydroxylation is 2. The van der Waals surface area contributed by atoms with Gasteiger partial charge in [0.2, 0.25) is 0 Å². The number of nitrogens with zero attached hydrogens (tertiary/aromatic N) is 8. The molecule has 2 atom stereocenters. The summed E-state index contributed by atoms with van der Waals surface area (Å²) in [7, 11) is 3.38. The second kappa shape index (κ2) is 26.0. The first-order valence-corrected chi connectivity index (χ1v) is 24.8. The minimum Gasteiger partial charge on any atom is -0.537 e. The fraction of sp³-hybridized carbons (Fsp3) is 0.280. The lowest BCUT2D eigenvalue weighted by Crippen LogP contribution is -2.40. The number of aliphatic hydroxyl groups is 2. The number of halogens is 9. The molecule has 0 fully saturated rings. The highest BCUT2D eigenvalue weighted by Gasteiger charge is 2.33. The van der Waals surface area contributed by atoms with Crippen LogP contribution in [-0.2, 0) is 27.2 Å². The lowest BCUT2D eigenvalue weighted by molar-refractivity contribution is -0.275. The van der Waals surface area contributed by atoms with Crippen molar-refractivity contribution in [1.29, 1.82) is 0 Å². The van der Waals surface area contributed by atoms with Crippen molar-refractivity contribution in [2.75, 3.05) is 0 Å². The number of rotatable bonds is 15. The number of alkyl halides is 6. The van der Waals surface area contributed by atoms with Gasteiger partial charge >= 0.3 is 31.8 Å². The van der Waals surface area contributed by atoms with E-state index >= 15 is 0 Å². The van der Waals surface area contributed by atoms with Gasteiger partial charge in [-0.05, 0) is 82.9 Å². The highest BCUT2D eigenvalue weighted by Crippen LogP contribution is 2.37. The molecule has 0 aliphatic rings. The molecule has 2 unspecified atom stereocenters. The molecular weight excluding hydrogens is 1150 g/mol. The van der Waals surface area contributed by atoms with Gasteiger partial charge in [0.1, 0.15) is 40.8 Å². The summed E-state index contributed by atoms with van der Waals surface area (Å²) in [6.07, 6.45) is -4.03. The molecule has 2 aromatic carbocycles. The molecule has 0 spiro atoms. The number of unbranched alkanes of at least 4 members (excludes halogenated alkanes) is 2. The quantitative estimate of drug-likeness (QED) is 0.0644. The van der Waals surface area contributed by atoms with Crippen LogP contribution < -0.4 is 36.6 Å². The lowest BCUT2D eigenvalue weighted by Gasteiger charge is -2.20. The van der Waals surface area contributed by atoms with Crippen molar-refractivity contribution in [3.8, 4) is 28.4 Å². The maximum Gasteiger partial charge on any atom is 0.573 e. The summed E-state index contributed by atoms with van der Waals surface area (Å²) in [4.78, 5) is 69.0. The maximum absolute atomic E-state index is 13.6. The first-order valence-electron chi connectivity index (χ1n) is 23.2. The van der Waals surface area contributed by atoms with Gasteiger partial charge in [-0.15, -0.1) is 26.3 Å². The fourth-order valence-electron chi connectivity index (χ4n) is 7.79. The summed E-state index contributed by atoms with van der Waals surface area (Å²) in [5.74, 6) is -0.845. The monoisotopic (exact) mass is 1190 g/mol. The third kappa shape index (κ3) is 14.5. The molecule has 0 aliphatic heterocycles. The van der Waals surface area contributed by atoms with E-state index in [-0.39, 0.29) is 56.7 Å². The van der Waals surface area contributed by atoms with Gasteiger partial charge in [-0.2, -0.15) is 0 Å². The van der Waals surface area contributed by atoms with Gasteiger partial charge in [0.05, 0.1) is 32.2 Å². The van der Waals surface area contributed by atoms with Crippen LogP contribution in [0.25, 0.3) is 33.2 Å². The van der Waals surface area contributed by atoms with Crippen LogP contribution in [0.3, 0.4) is 0 Å². The number of fused-ring (bicyclic) bond motifs is 2. The van der Waals surface area contributed by atoms with Gasteiger partial charge in [-0.3, -0.25) is 37.8 Å². The summed E-state index contributed by atoms with van der Waals surface area (Å²) >= 11 is 15.2. The van der Waals surface area contributed by atoms with Crippen LogP contribution in [0.2, 0.25) is 10.0 Å². The first kappa shape index (κ1) is 60.1. The zero-order valence-corrected chi connectivity index (χ0v) is 44.5. The van der Waals surface area contributed by atoms with Crippen LogP contribution in [0.15, 0.2) is 121 Å². The summed E-state index contributed by atoms with van der Waals surface area (Å²) in [6, 6.07) is 16.1. The highest BCUT2D eigenvalue weighted by molar-refractivity contribution is 9.10. The van der Waals surface area contributed by atoms with Crippen LogP contribution in [0.5, 0.6) is 17.2 Å². The van der Waals surface area contributed by atoms with E-state index in [0.29, 0.717) is 52.8 Å². The topological polar surface area (TPSA) is 228 Å². The number of benzene rings is 2. The van der Waals surface area contributed by atoms with Crippen molar-refractivity contribution in [1.82, 2.24) is 38.2 Å². The SMILES string of the molecule is CCCCn1c(=O)c2c(C(O)c3ccc(Cl)cn3)c(-c3cccc(OC(F)(F)F)c3)cnc2n(C)c1=O.CCCCn1c(=O)c2c(C(O)c3ccc(Cl)cn3)c(Br)cnc2n(C)c1=O.O[B]Oc1cccc(OC(F)(F)F)c1. The normalized spacial score (nSPS) is 12.3. The van der Waals surface area contributed by atoms with Crippen LogP contribution in [0.4, 0.5) is 26.3 Å². The Labute approximate surface area is 457 Å². The second-order valence-electron chi connectivity index (χ2n) is 16.7. The average Bonchev–Trinajstić information content (AvgIpc) is 3.52. The molecule has 411 valence electrons. The number of ether oxygens (including phenoxy) is 2. The predicted octanol–water partition coefficient (Wildman–Crippen LogP) is 8.87. The summed E-state index contributed by atoms with van der Waals surface area (Å²) in [5.41, 5.74) is -0.732. The molecule has 8 rings (SSSR count). The molecule has 78 heavy (non-hydrogen) atoms. The molecule has 0 saturated carbocycles. The van der Waals surface area contributed by atoms with Gasteiger partial charge in [0, 0.05) is 79.2 Å². The molecule has 18 nitrogen and oxygen atoms in total. The van der Waals surface area contributed by atoms with Crippen LogP contribution in [-0.4, -0.2) is 73.9 Å². The van der Waals surface area contributed by atoms with E-state index in [1.165, 1.54) is 81.9 Å². The Morgan fingerprint density at radius 1 is 0.628 bits per heavy atom. The van der Waals surface area contributed by atoms with E-state index in [0.717, 1.165) is 41.7 Å². The Morgan fingerprint density at radius 3 is 1.54 bits per heavy atom. The molecule has 28 heteroatoms. The van der Waals surface area contributed by atoms with Crippen molar-refractivity contribution in [3.63, 3.8) is 0 Å². The molecule has 8 aromatic rings. The van der Waals surface area contributed by atoms with Crippen molar-refractivity contribution in [2.45, 2.75) is 77.6 Å². The van der Waals surface area contributed by atoms with Gasteiger partial charge < -0.3 is 29.4 Å². The number of aliphatic hydroxyl groups excluding tert-OH is 2. The minimum atomic E-state index is -4.92. The van der Waals surface area contributed by atoms with E-state index in [2.05, 4.69) is 50.0 Å². The lowest BCUT2D eigenvalue weighted by atomic mass is 9.93. The smallest absolute Gasteiger partial charge is 0.537 e. The van der Waals surface area contributed by atoms with Gasteiger partial charge in [0.15, 0.2) is 0 Å². The van der Waals surface area contributed by atoms with Crippen LogP contribution >= 0.6 is 39.1 Å². The third-order valence-corrected chi connectivity index (χ3v) is 12.5. The Balaban J connectivity index is 0.000000209. The van der Waals surface area contributed by atoms with Gasteiger partial charge in [0.25, 0.3) is 11.1 Å². The molecule has 0 bridgehead atoms. The molecule has 6 heterocycles. The van der Waals surface area contributed by atoms with E-state index in [4.69, 9.17) is 28.2 Å². The van der Waals surface area contributed by atoms with Gasteiger partial charge in [-0.25, -0.2) is 19.6 Å². The molecule has 0 aliphatic carbocycles. The minimum absolute atomic E-state index is 0.0113. The van der Waals surface area contributed by atoms with E-state index in [9.17, 15) is 55.7 Å². The third-order valence-electron chi connectivity index (χ3n) is 11.4. The number of pyridine rings is 4. The largest absolute Gasteiger partial charge is 0.573 e. The molecule has 1 radical (unpaired) electrons.